The van der Waals surface area contributed by atoms with Gasteiger partial charge in [0, 0.05) is 0 Å². The minimum absolute atomic E-state index is 0.0874. The van der Waals surface area contributed by atoms with E-state index in [-0.39, 0.29) is 12.0 Å². The highest BCUT2D eigenvalue weighted by atomic mass is 35.5. The van der Waals surface area contributed by atoms with Crippen LogP contribution in [0, 0.1) is 11.6 Å². The number of aliphatic carboxylic acids is 1. The predicted molar refractivity (Wildman–Crippen MR) is 52.0 cm³/mol. The highest BCUT2D eigenvalue weighted by molar-refractivity contribution is 6.30. The van der Waals surface area contributed by atoms with Gasteiger partial charge in [-0.05, 0) is 24.1 Å². The van der Waals surface area contributed by atoms with Gasteiger partial charge in [0.1, 0.15) is 16.7 Å². The fraction of sp³-hybridized carbons (Fsp3) is 0.300. The van der Waals surface area contributed by atoms with Crippen LogP contribution in [0.15, 0.2) is 12.1 Å². The third kappa shape index (κ3) is 2.45. The molecule has 0 aromatic heterocycles. The van der Waals surface area contributed by atoms with E-state index in [0.29, 0.717) is 0 Å². The van der Waals surface area contributed by atoms with Gasteiger partial charge in [-0.2, -0.15) is 0 Å². The molecule has 0 radical (unpaired) electrons. The molecule has 15 heavy (non-hydrogen) atoms. The maximum Gasteiger partial charge on any atom is 0.310 e. The third-order valence-corrected chi connectivity index (χ3v) is 2.48. The van der Waals surface area contributed by atoms with Crippen molar-refractivity contribution in [3.05, 3.63) is 34.4 Å². The molecule has 82 valence electrons. The summed E-state index contributed by atoms with van der Waals surface area (Å²) >= 11 is 5.28. The van der Waals surface area contributed by atoms with E-state index in [1.807, 2.05) is 0 Å². The van der Waals surface area contributed by atoms with Gasteiger partial charge >= 0.3 is 5.97 Å². The number of carbonyl (C=O) groups is 1. The Labute approximate surface area is 90.5 Å². The Hall–Kier alpha value is -1.16. The Kier molecular flexibility index (Phi) is 3.63. The van der Waals surface area contributed by atoms with Crippen LogP contribution in [0.2, 0.25) is 5.02 Å². The normalized spacial score (nSPS) is 12.5. The minimum Gasteiger partial charge on any atom is -0.481 e. The molecule has 0 saturated heterocycles. The summed E-state index contributed by atoms with van der Waals surface area (Å²) in [6.45, 7) is 1.63. The SMILES string of the molecule is CCC(C(=O)O)c1cc(F)c(Cl)c(F)c1. The standard InChI is InChI=1S/C10H9ClF2O2/c1-2-6(10(14)15)5-3-7(12)9(11)8(13)4-5/h3-4,6H,2H2,1H3,(H,14,15). The van der Waals surface area contributed by atoms with E-state index in [4.69, 9.17) is 16.7 Å². The van der Waals surface area contributed by atoms with Crippen molar-refractivity contribution in [2.75, 3.05) is 0 Å². The number of carboxylic acid groups (broad SMARTS) is 1. The molecule has 0 aliphatic carbocycles. The summed E-state index contributed by atoms with van der Waals surface area (Å²) in [6, 6.07) is 1.90. The molecule has 1 unspecified atom stereocenters. The lowest BCUT2D eigenvalue weighted by Gasteiger charge is -2.10. The van der Waals surface area contributed by atoms with Crippen LogP contribution in [0.5, 0.6) is 0 Å². The zero-order valence-electron chi connectivity index (χ0n) is 7.93. The Balaban J connectivity index is 3.20. The van der Waals surface area contributed by atoms with E-state index in [1.54, 1.807) is 6.92 Å². The largest absolute Gasteiger partial charge is 0.481 e. The van der Waals surface area contributed by atoms with E-state index >= 15 is 0 Å². The van der Waals surface area contributed by atoms with Crippen molar-refractivity contribution in [3.8, 4) is 0 Å². The predicted octanol–water partition coefficient (Wildman–Crippen LogP) is 3.20. The fourth-order valence-corrected chi connectivity index (χ4v) is 1.44. The van der Waals surface area contributed by atoms with Crippen LogP contribution in [0.1, 0.15) is 24.8 Å². The molecule has 2 nitrogen and oxygen atoms in total. The first-order valence-corrected chi connectivity index (χ1v) is 4.72. The number of halogens is 3. The maximum atomic E-state index is 13.0. The molecule has 1 atom stereocenters. The molecule has 0 heterocycles. The lowest BCUT2D eigenvalue weighted by Crippen LogP contribution is -2.11. The van der Waals surface area contributed by atoms with Gasteiger partial charge in [0.15, 0.2) is 0 Å². The molecule has 0 fully saturated rings. The summed E-state index contributed by atoms with van der Waals surface area (Å²) in [7, 11) is 0. The first-order chi connectivity index (χ1) is 6.97. The van der Waals surface area contributed by atoms with Gasteiger partial charge in [-0.1, -0.05) is 18.5 Å². The van der Waals surface area contributed by atoms with E-state index in [2.05, 4.69) is 0 Å². The van der Waals surface area contributed by atoms with Crippen LogP contribution >= 0.6 is 11.6 Å². The van der Waals surface area contributed by atoms with Crippen LogP contribution in [0.3, 0.4) is 0 Å². The summed E-state index contributed by atoms with van der Waals surface area (Å²) in [6.07, 6.45) is 0.260. The molecule has 1 aromatic rings. The van der Waals surface area contributed by atoms with Gasteiger partial charge in [-0.25, -0.2) is 8.78 Å². The van der Waals surface area contributed by atoms with Gasteiger partial charge in [-0.15, -0.1) is 0 Å². The average Bonchev–Trinajstić information content (AvgIpc) is 2.14. The second-order valence-corrected chi connectivity index (χ2v) is 3.48. The molecule has 0 aliphatic rings. The van der Waals surface area contributed by atoms with Crippen molar-refractivity contribution in [2.24, 2.45) is 0 Å². The molecule has 5 heteroatoms. The van der Waals surface area contributed by atoms with Crippen molar-refractivity contribution in [3.63, 3.8) is 0 Å². The molecular formula is C10H9ClF2O2. The van der Waals surface area contributed by atoms with Crippen molar-refractivity contribution in [1.82, 2.24) is 0 Å². The van der Waals surface area contributed by atoms with E-state index in [1.165, 1.54) is 0 Å². The molecule has 0 bridgehead atoms. The Morgan fingerprint density at radius 1 is 1.47 bits per heavy atom. The summed E-state index contributed by atoms with van der Waals surface area (Å²) < 4.78 is 26.1. The van der Waals surface area contributed by atoms with Crippen LogP contribution < -0.4 is 0 Å². The van der Waals surface area contributed by atoms with Gasteiger partial charge in [0.05, 0.1) is 5.92 Å². The number of rotatable bonds is 3. The van der Waals surface area contributed by atoms with Crippen LogP contribution in [-0.2, 0) is 4.79 Å². The van der Waals surface area contributed by atoms with Crippen molar-refractivity contribution >= 4 is 17.6 Å². The van der Waals surface area contributed by atoms with Crippen LogP contribution in [0.4, 0.5) is 8.78 Å². The monoisotopic (exact) mass is 234 g/mol. The molecule has 1 rings (SSSR count). The summed E-state index contributed by atoms with van der Waals surface area (Å²) in [5.74, 6) is -3.90. The zero-order chi connectivity index (χ0) is 11.6. The van der Waals surface area contributed by atoms with Gasteiger partial charge < -0.3 is 5.11 Å². The molecule has 1 aromatic carbocycles. The first-order valence-electron chi connectivity index (χ1n) is 4.34. The highest BCUT2D eigenvalue weighted by Crippen LogP contribution is 2.26. The lowest BCUT2D eigenvalue weighted by molar-refractivity contribution is -0.138. The van der Waals surface area contributed by atoms with Crippen molar-refractivity contribution < 1.29 is 18.7 Å². The first kappa shape index (κ1) is 11.9. The van der Waals surface area contributed by atoms with Crippen molar-refractivity contribution in [1.29, 1.82) is 0 Å². The Morgan fingerprint density at radius 3 is 2.27 bits per heavy atom. The second kappa shape index (κ2) is 4.57. The fourth-order valence-electron chi connectivity index (χ4n) is 1.33. The van der Waals surface area contributed by atoms with Gasteiger partial charge in [0.25, 0.3) is 0 Å². The maximum absolute atomic E-state index is 13.0. The lowest BCUT2D eigenvalue weighted by atomic mass is 9.96. The number of hydrogen-bond acceptors (Lipinski definition) is 1. The summed E-state index contributed by atoms with van der Waals surface area (Å²) in [5.41, 5.74) is 0.0874. The minimum atomic E-state index is -1.11. The molecule has 0 spiro atoms. The zero-order valence-corrected chi connectivity index (χ0v) is 8.68. The summed E-state index contributed by atoms with van der Waals surface area (Å²) in [4.78, 5) is 10.8. The van der Waals surface area contributed by atoms with Crippen LogP contribution in [0.25, 0.3) is 0 Å². The second-order valence-electron chi connectivity index (χ2n) is 3.10. The molecule has 0 amide bonds. The van der Waals surface area contributed by atoms with Crippen LogP contribution in [-0.4, -0.2) is 11.1 Å². The van der Waals surface area contributed by atoms with Crippen molar-refractivity contribution in [2.45, 2.75) is 19.3 Å². The van der Waals surface area contributed by atoms with Gasteiger partial charge in [0.2, 0.25) is 0 Å². The highest BCUT2D eigenvalue weighted by Gasteiger charge is 2.20. The Bertz CT molecular complexity index is 370. The third-order valence-electron chi connectivity index (χ3n) is 2.11. The molecule has 0 aliphatic heterocycles. The molecule has 1 N–H and O–H groups in total. The molecule has 0 saturated carbocycles. The Morgan fingerprint density at radius 2 is 1.93 bits per heavy atom. The smallest absolute Gasteiger partial charge is 0.310 e. The number of carboxylic acids is 1. The average molecular weight is 235 g/mol. The quantitative estimate of drug-likeness (QED) is 0.816. The number of hydrogen-bond donors (Lipinski definition) is 1. The van der Waals surface area contributed by atoms with E-state index in [9.17, 15) is 13.6 Å². The number of benzene rings is 1. The summed E-state index contributed by atoms with van der Waals surface area (Å²) in [5, 5.41) is 8.19. The topological polar surface area (TPSA) is 37.3 Å². The van der Waals surface area contributed by atoms with E-state index < -0.39 is 28.5 Å². The van der Waals surface area contributed by atoms with Gasteiger partial charge in [-0.3, -0.25) is 4.79 Å². The molecular weight excluding hydrogens is 226 g/mol. The van der Waals surface area contributed by atoms with E-state index in [0.717, 1.165) is 12.1 Å².